The van der Waals surface area contributed by atoms with Crippen molar-refractivity contribution in [3.63, 3.8) is 0 Å². The van der Waals surface area contributed by atoms with Gasteiger partial charge in [-0.05, 0) is 37.1 Å². The molecule has 0 aliphatic carbocycles. The van der Waals surface area contributed by atoms with Gasteiger partial charge in [0.15, 0.2) is 0 Å². The van der Waals surface area contributed by atoms with Gasteiger partial charge < -0.3 is 5.32 Å². The lowest BCUT2D eigenvalue weighted by Gasteiger charge is -2.15. The van der Waals surface area contributed by atoms with E-state index in [1.165, 1.54) is 0 Å². The molecule has 122 valence electrons. The molecule has 2 rings (SSSR count). The van der Waals surface area contributed by atoms with Gasteiger partial charge in [0.2, 0.25) is 10.0 Å². The van der Waals surface area contributed by atoms with E-state index in [9.17, 15) is 13.2 Å². The van der Waals surface area contributed by atoms with E-state index in [1.807, 2.05) is 37.3 Å². The number of anilines is 1. The standard InChI is InChI=1S/C17H20N2O3S/c1-12-9-10-15(11-16(12)19-23(3,21)22)17(20)18-13(2)14-7-5-4-6-8-14/h4-11,13,19H,1-3H3,(H,18,20)/t13-/m0/s1. The Balaban J connectivity index is 2.18. The highest BCUT2D eigenvalue weighted by Gasteiger charge is 2.13. The maximum absolute atomic E-state index is 12.4. The second-order valence-corrected chi connectivity index (χ2v) is 7.26. The Kier molecular flexibility index (Phi) is 5.05. The lowest BCUT2D eigenvalue weighted by molar-refractivity contribution is 0.0940. The molecule has 0 aliphatic heterocycles. The van der Waals surface area contributed by atoms with Gasteiger partial charge in [0.05, 0.1) is 18.0 Å². The molecule has 0 saturated carbocycles. The number of sulfonamides is 1. The summed E-state index contributed by atoms with van der Waals surface area (Å²) in [4.78, 5) is 12.4. The number of rotatable bonds is 5. The fourth-order valence-electron chi connectivity index (χ4n) is 2.18. The predicted octanol–water partition coefficient (Wildman–Crippen LogP) is 2.86. The van der Waals surface area contributed by atoms with E-state index in [0.717, 1.165) is 17.4 Å². The Morgan fingerprint density at radius 2 is 1.74 bits per heavy atom. The smallest absolute Gasteiger partial charge is 0.251 e. The van der Waals surface area contributed by atoms with E-state index >= 15 is 0 Å². The Hall–Kier alpha value is -2.34. The molecule has 23 heavy (non-hydrogen) atoms. The molecule has 1 atom stereocenters. The molecule has 2 N–H and O–H groups in total. The van der Waals surface area contributed by atoms with E-state index in [2.05, 4.69) is 10.0 Å². The summed E-state index contributed by atoms with van der Waals surface area (Å²) in [5.41, 5.74) is 2.57. The largest absolute Gasteiger partial charge is 0.346 e. The zero-order chi connectivity index (χ0) is 17.0. The van der Waals surface area contributed by atoms with Crippen molar-refractivity contribution < 1.29 is 13.2 Å². The fraction of sp³-hybridized carbons (Fsp3) is 0.235. The van der Waals surface area contributed by atoms with Crippen LogP contribution in [-0.2, 0) is 10.0 Å². The number of aryl methyl sites for hydroxylation is 1. The average molecular weight is 332 g/mol. The van der Waals surface area contributed by atoms with Crippen molar-refractivity contribution in [3.05, 3.63) is 65.2 Å². The van der Waals surface area contributed by atoms with Gasteiger partial charge in [-0.1, -0.05) is 36.4 Å². The van der Waals surface area contributed by atoms with Crippen molar-refractivity contribution >= 4 is 21.6 Å². The number of hydrogen-bond acceptors (Lipinski definition) is 3. The topological polar surface area (TPSA) is 75.3 Å². The van der Waals surface area contributed by atoms with Gasteiger partial charge >= 0.3 is 0 Å². The van der Waals surface area contributed by atoms with E-state index in [4.69, 9.17) is 0 Å². The van der Waals surface area contributed by atoms with Crippen LogP contribution in [0.1, 0.15) is 34.5 Å². The average Bonchev–Trinajstić information content (AvgIpc) is 2.49. The quantitative estimate of drug-likeness (QED) is 0.884. The summed E-state index contributed by atoms with van der Waals surface area (Å²) >= 11 is 0. The van der Waals surface area contributed by atoms with E-state index in [-0.39, 0.29) is 11.9 Å². The van der Waals surface area contributed by atoms with Crippen LogP contribution in [0.2, 0.25) is 0 Å². The van der Waals surface area contributed by atoms with E-state index < -0.39 is 10.0 Å². The summed E-state index contributed by atoms with van der Waals surface area (Å²) in [7, 11) is -3.39. The third-order valence-electron chi connectivity index (χ3n) is 3.44. The minimum atomic E-state index is -3.39. The summed E-state index contributed by atoms with van der Waals surface area (Å²) in [6, 6.07) is 14.4. The van der Waals surface area contributed by atoms with Crippen LogP contribution < -0.4 is 10.0 Å². The zero-order valence-electron chi connectivity index (χ0n) is 13.3. The third-order valence-corrected chi connectivity index (χ3v) is 4.03. The first kappa shape index (κ1) is 17.0. The Labute approximate surface area is 136 Å². The van der Waals surface area contributed by atoms with Gasteiger partial charge in [0, 0.05) is 5.56 Å². The van der Waals surface area contributed by atoms with Gasteiger partial charge in [0.25, 0.3) is 5.91 Å². The molecule has 0 bridgehead atoms. The molecule has 5 nitrogen and oxygen atoms in total. The predicted molar refractivity (Wildman–Crippen MR) is 92.0 cm³/mol. The minimum Gasteiger partial charge on any atom is -0.346 e. The molecule has 1 amide bonds. The molecule has 0 aliphatic rings. The van der Waals surface area contributed by atoms with Crippen LogP contribution in [0.15, 0.2) is 48.5 Å². The number of carbonyl (C=O) groups excluding carboxylic acids is 1. The summed E-state index contributed by atoms with van der Waals surface area (Å²) in [6.45, 7) is 3.68. The Morgan fingerprint density at radius 1 is 1.09 bits per heavy atom. The maximum atomic E-state index is 12.4. The minimum absolute atomic E-state index is 0.142. The number of hydrogen-bond donors (Lipinski definition) is 2. The molecule has 2 aromatic rings. The number of amides is 1. The lowest BCUT2D eigenvalue weighted by atomic mass is 10.1. The van der Waals surface area contributed by atoms with Crippen molar-refractivity contribution in [2.24, 2.45) is 0 Å². The molecule has 2 aromatic carbocycles. The highest BCUT2D eigenvalue weighted by Crippen LogP contribution is 2.19. The molecular formula is C17H20N2O3S. The summed E-state index contributed by atoms with van der Waals surface area (Å²) in [6.07, 6.45) is 1.08. The first-order valence-electron chi connectivity index (χ1n) is 7.20. The second-order valence-electron chi connectivity index (χ2n) is 5.51. The normalized spacial score (nSPS) is 12.5. The van der Waals surface area contributed by atoms with Crippen molar-refractivity contribution in [1.82, 2.24) is 5.32 Å². The maximum Gasteiger partial charge on any atom is 0.251 e. The SMILES string of the molecule is Cc1ccc(C(=O)N[C@@H](C)c2ccccc2)cc1NS(C)(=O)=O. The van der Waals surface area contributed by atoms with Gasteiger partial charge in [-0.25, -0.2) is 8.42 Å². The van der Waals surface area contributed by atoms with Crippen LogP contribution in [0.3, 0.4) is 0 Å². The van der Waals surface area contributed by atoms with E-state index in [0.29, 0.717) is 11.3 Å². The first-order valence-corrected chi connectivity index (χ1v) is 9.09. The van der Waals surface area contributed by atoms with Gasteiger partial charge in [-0.3, -0.25) is 9.52 Å². The second kappa shape index (κ2) is 6.83. The Morgan fingerprint density at radius 3 is 2.35 bits per heavy atom. The number of benzene rings is 2. The monoisotopic (exact) mass is 332 g/mol. The molecule has 0 radical (unpaired) electrons. The number of nitrogens with one attached hydrogen (secondary N) is 2. The third kappa shape index (κ3) is 4.82. The molecule has 6 heteroatoms. The highest BCUT2D eigenvalue weighted by molar-refractivity contribution is 7.92. The van der Waals surface area contributed by atoms with Crippen LogP contribution >= 0.6 is 0 Å². The van der Waals surface area contributed by atoms with Crippen molar-refractivity contribution in [3.8, 4) is 0 Å². The van der Waals surface area contributed by atoms with Crippen LogP contribution in [0, 0.1) is 6.92 Å². The Bertz CT molecular complexity index is 802. The molecule has 0 heterocycles. The molecule has 0 fully saturated rings. The lowest BCUT2D eigenvalue weighted by Crippen LogP contribution is -2.26. The summed E-state index contributed by atoms with van der Waals surface area (Å²) in [5.74, 6) is -0.252. The van der Waals surface area contributed by atoms with Crippen LogP contribution in [0.4, 0.5) is 5.69 Å². The van der Waals surface area contributed by atoms with Crippen LogP contribution in [0.5, 0.6) is 0 Å². The highest BCUT2D eigenvalue weighted by atomic mass is 32.2. The van der Waals surface area contributed by atoms with Crippen molar-refractivity contribution in [1.29, 1.82) is 0 Å². The summed E-state index contributed by atoms with van der Waals surface area (Å²) < 4.78 is 25.2. The number of carbonyl (C=O) groups is 1. The zero-order valence-corrected chi connectivity index (χ0v) is 14.1. The van der Waals surface area contributed by atoms with Crippen LogP contribution in [-0.4, -0.2) is 20.6 Å². The van der Waals surface area contributed by atoms with E-state index in [1.54, 1.807) is 25.1 Å². The van der Waals surface area contributed by atoms with Gasteiger partial charge in [-0.2, -0.15) is 0 Å². The van der Waals surface area contributed by atoms with Crippen molar-refractivity contribution in [2.75, 3.05) is 11.0 Å². The molecule has 0 unspecified atom stereocenters. The first-order chi connectivity index (χ1) is 10.8. The van der Waals surface area contributed by atoms with Crippen LogP contribution in [0.25, 0.3) is 0 Å². The molecule has 0 aromatic heterocycles. The van der Waals surface area contributed by atoms with Gasteiger partial charge in [0.1, 0.15) is 0 Å². The van der Waals surface area contributed by atoms with Crippen molar-refractivity contribution in [2.45, 2.75) is 19.9 Å². The fourth-order valence-corrected chi connectivity index (χ4v) is 2.80. The molecule has 0 saturated heterocycles. The van der Waals surface area contributed by atoms with Gasteiger partial charge in [-0.15, -0.1) is 0 Å². The molecule has 0 spiro atoms. The summed E-state index contributed by atoms with van der Waals surface area (Å²) in [5, 5.41) is 2.91. The molecular weight excluding hydrogens is 312 g/mol.